The highest BCUT2D eigenvalue weighted by Gasteiger charge is 2.14. The molecule has 1 rings (SSSR count). The largest absolute Gasteiger partial charge is 0.466 e. The number of anilines is 1. The zero-order chi connectivity index (χ0) is 15.8. The molecule has 21 heavy (non-hydrogen) atoms. The van der Waals surface area contributed by atoms with E-state index >= 15 is 0 Å². The molecule has 1 aromatic heterocycles. The number of rotatable bonds is 8. The van der Waals surface area contributed by atoms with E-state index in [4.69, 9.17) is 10.5 Å². The summed E-state index contributed by atoms with van der Waals surface area (Å²) in [5.41, 5.74) is 5.49. The molecule has 0 aliphatic rings. The molecule has 0 unspecified atom stereocenters. The van der Waals surface area contributed by atoms with Crippen molar-refractivity contribution in [1.82, 2.24) is 4.90 Å². The lowest BCUT2D eigenvalue weighted by atomic mass is 10.3. The van der Waals surface area contributed by atoms with Crippen molar-refractivity contribution in [2.24, 2.45) is 5.73 Å². The van der Waals surface area contributed by atoms with Gasteiger partial charge in [-0.3, -0.25) is 19.3 Å². The van der Waals surface area contributed by atoms with Crippen LogP contribution < -0.4 is 11.1 Å². The van der Waals surface area contributed by atoms with Gasteiger partial charge in [-0.25, -0.2) is 0 Å². The first-order valence-electron chi connectivity index (χ1n) is 6.45. The summed E-state index contributed by atoms with van der Waals surface area (Å²) in [5.74, 6) is -1.15. The van der Waals surface area contributed by atoms with Gasteiger partial charge in [0.2, 0.25) is 5.91 Å². The van der Waals surface area contributed by atoms with Gasteiger partial charge in [-0.05, 0) is 25.4 Å². The molecule has 0 aliphatic heterocycles. The Balaban J connectivity index is 2.41. The van der Waals surface area contributed by atoms with Crippen molar-refractivity contribution in [3.63, 3.8) is 0 Å². The van der Waals surface area contributed by atoms with Crippen molar-refractivity contribution in [2.45, 2.75) is 13.3 Å². The summed E-state index contributed by atoms with van der Waals surface area (Å²) in [4.78, 5) is 35.9. The second-order valence-corrected chi connectivity index (χ2v) is 5.28. The topological polar surface area (TPSA) is 102 Å². The molecule has 2 amide bonds. The minimum Gasteiger partial charge on any atom is -0.466 e. The molecule has 8 heteroatoms. The van der Waals surface area contributed by atoms with Crippen molar-refractivity contribution >= 4 is 34.1 Å². The van der Waals surface area contributed by atoms with Crippen LogP contribution in [0.4, 0.5) is 5.00 Å². The van der Waals surface area contributed by atoms with Gasteiger partial charge in [-0.2, -0.15) is 0 Å². The van der Waals surface area contributed by atoms with Crippen molar-refractivity contribution < 1.29 is 19.1 Å². The highest BCUT2D eigenvalue weighted by molar-refractivity contribution is 7.14. The number of nitrogens with zero attached hydrogens (tertiary/aromatic N) is 1. The van der Waals surface area contributed by atoms with Gasteiger partial charge in [-0.15, -0.1) is 11.3 Å². The number of carbonyl (C=O) groups is 3. The molecule has 0 radical (unpaired) electrons. The van der Waals surface area contributed by atoms with E-state index < -0.39 is 5.91 Å². The van der Waals surface area contributed by atoms with Crippen LogP contribution >= 0.6 is 11.3 Å². The second kappa shape index (κ2) is 8.38. The van der Waals surface area contributed by atoms with Gasteiger partial charge in [0.15, 0.2) is 0 Å². The molecule has 1 heterocycles. The van der Waals surface area contributed by atoms with Crippen LogP contribution in [-0.4, -0.2) is 49.4 Å². The zero-order valence-corrected chi connectivity index (χ0v) is 12.9. The molecule has 0 saturated heterocycles. The van der Waals surface area contributed by atoms with E-state index in [0.29, 0.717) is 23.7 Å². The monoisotopic (exact) mass is 313 g/mol. The normalized spacial score (nSPS) is 10.4. The molecule has 0 aromatic carbocycles. The van der Waals surface area contributed by atoms with Crippen LogP contribution in [0.2, 0.25) is 0 Å². The Labute approximate surface area is 127 Å². The SMILES string of the molecule is CCOC(=O)CCN(C)CC(=O)Nc1sccc1C(N)=O. The Morgan fingerprint density at radius 1 is 1.43 bits per heavy atom. The maximum atomic E-state index is 11.9. The van der Waals surface area contributed by atoms with E-state index in [1.54, 1.807) is 30.3 Å². The molecular formula is C13H19N3O4S. The molecule has 1 aromatic rings. The van der Waals surface area contributed by atoms with E-state index in [9.17, 15) is 14.4 Å². The number of esters is 1. The van der Waals surface area contributed by atoms with Gasteiger partial charge >= 0.3 is 5.97 Å². The van der Waals surface area contributed by atoms with Gasteiger partial charge in [0.1, 0.15) is 5.00 Å². The summed E-state index contributed by atoms with van der Waals surface area (Å²) >= 11 is 1.23. The molecule has 0 aliphatic carbocycles. The fourth-order valence-electron chi connectivity index (χ4n) is 1.61. The lowest BCUT2D eigenvalue weighted by molar-refractivity contribution is -0.143. The summed E-state index contributed by atoms with van der Waals surface area (Å²) in [6, 6.07) is 1.56. The maximum Gasteiger partial charge on any atom is 0.307 e. The summed E-state index contributed by atoms with van der Waals surface area (Å²) in [7, 11) is 1.72. The number of nitrogens with two attached hydrogens (primary N) is 1. The van der Waals surface area contributed by atoms with Gasteiger partial charge in [0, 0.05) is 6.54 Å². The van der Waals surface area contributed by atoms with Crippen LogP contribution in [0, 0.1) is 0 Å². The molecule has 0 saturated carbocycles. The zero-order valence-electron chi connectivity index (χ0n) is 12.0. The Bertz CT molecular complexity index is 515. The average Bonchev–Trinajstić information content (AvgIpc) is 2.84. The van der Waals surface area contributed by atoms with Crippen LogP contribution in [0.1, 0.15) is 23.7 Å². The summed E-state index contributed by atoms with van der Waals surface area (Å²) in [6.45, 7) is 2.61. The van der Waals surface area contributed by atoms with Crippen LogP contribution in [0.5, 0.6) is 0 Å². The first-order valence-corrected chi connectivity index (χ1v) is 7.33. The van der Waals surface area contributed by atoms with Crippen molar-refractivity contribution in [1.29, 1.82) is 0 Å². The standard InChI is InChI=1S/C13H19N3O4S/c1-3-20-11(18)4-6-16(2)8-10(17)15-13-9(12(14)19)5-7-21-13/h5,7H,3-4,6,8H2,1-2H3,(H2,14,19)(H,15,17). The van der Waals surface area contributed by atoms with E-state index in [1.807, 2.05) is 0 Å². The summed E-state index contributed by atoms with van der Waals surface area (Å²) in [5, 5.41) is 4.75. The number of amides is 2. The molecular weight excluding hydrogens is 294 g/mol. The van der Waals surface area contributed by atoms with Crippen LogP contribution in [0.3, 0.4) is 0 Å². The van der Waals surface area contributed by atoms with Crippen molar-refractivity contribution in [3.05, 3.63) is 17.0 Å². The maximum absolute atomic E-state index is 11.9. The highest BCUT2D eigenvalue weighted by atomic mass is 32.1. The number of carbonyl (C=O) groups excluding carboxylic acids is 3. The fraction of sp³-hybridized carbons (Fsp3) is 0.462. The third kappa shape index (κ3) is 5.92. The predicted molar refractivity (Wildman–Crippen MR) is 80.2 cm³/mol. The number of primary amides is 1. The molecule has 116 valence electrons. The Morgan fingerprint density at radius 2 is 2.14 bits per heavy atom. The Kier molecular flexibility index (Phi) is 6.83. The quantitative estimate of drug-likeness (QED) is 0.687. The third-order valence-electron chi connectivity index (χ3n) is 2.60. The van der Waals surface area contributed by atoms with E-state index in [2.05, 4.69) is 5.32 Å². The van der Waals surface area contributed by atoms with Gasteiger partial charge < -0.3 is 15.8 Å². The van der Waals surface area contributed by atoms with E-state index in [1.165, 1.54) is 11.3 Å². The smallest absolute Gasteiger partial charge is 0.307 e. The van der Waals surface area contributed by atoms with Crippen LogP contribution in [0.15, 0.2) is 11.4 Å². The third-order valence-corrected chi connectivity index (χ3v) is 3.43. The Hall–Kier alpha value is -1.93. The van der Waals surface area contributed by atoms with E-state index in [-0.39, 0.29) is 24.8 Å². The Morgan fingerprint density at radius 3 is 2.76 bits per heavy atom. The number of hydrogen-bond acceptors (Lipinski definition) is 6. The molecule has 0 fully saturated rings. The van der Waals surface area contributed by atoms with Crippen LogP contribution in [-0.2, 0) is 14.3 Å². The lowest BCUT2D eigenvalue weighted by Crippen LogP contribution is -2.32. The van der Waals surface area contributed by atoms with Crippen molar-refractivity contribution in [2.75, 3.05) is 32.1 Å². The molecule has 3 N–H and O–H groups in total. The molecule has 7 nitrogen and oxygen atoms in total. The summed E-state index contributed by atoms with van der Waals surface area (Å²) < 4.78 is 4.81. The molecule has 0 spiro atoms. The minimum atomic E-state index is -0.581. The average molecular weight is 313 g/mol. The number of thiophene rings is 1. The highest BCUT2D eigenvalue weighted by Crippen LogP contribution is 2.22. The predicted octanol–water partition coefficient (Wildman–Crippen LogP) is 0.671. The number of likely N-dealkylation sites (N-methyl/N-ethyl adjacent to an activating group) is 1. The first-order chi connectivity index (χ1) is 9.93. The van der Waals surface area contributed by atoms with Gasteiger partial charge in [0.25, 0.3) is 5.91 Å². The number of hydrogen-bond donors (Lipinski definition) is 2. The lowest BCUT2D eigenvalue weighted by Gasteiger charge is -2.15. The second-order valence-electron chi connectivity index (χ2n) is 4.37. The van der Waals surface area contributed by atoms with E-state index in [0.717, 1.165) is 0 Å². The number of ether oxygens (including phenoxy) is 1. The minimum absolute atomic E-state index is 0.107. The van der Waals surface area contributed by atoms with Crippen LogP contribution in [0.25, 0.3) is 0 Å². The molecule has 0 atom stereocenters. The van der Waals surface area contributed by atoms with Gasteiger partial charge in [0.05, 0.1) is 25.1 Å². The molecule has 0 bridgehead atoms. The summed E-state index contributed by atoms with van der Waals surface area (Å²) in [6.07, 6.45) is 0.225. The fourth-order valence-corrected chi connectivity index (χ4v) is 2.41. The van der Waals surface area contributed by atoms with Gasteiger partial charge in [-0.1, -0.05) is 0 Å². The first kappa shape index (κ1) is 17.1. The van der Waals surface area contributed by atoms with Crippen molar-refractivity contribution in [3.8, 4) is 0 Å². The number of nitrogens with one attached hydrogen (secondary N) is 1.